The van der Waals surface area contributed by atoms with E-state index in [2.05, 4.69) is 29.7 Å². The summed E-state index contributed by atoms with van der Waals surface area (Å²) in [4.78, 5) is 16.5. The number of fused-ring (bicyclic) bond motifs is 1. The predicted octanol–water partition coefficient (Wildman–Crippen LogP) is 5.95. The van der Waals surface area contributed by atoms with Gasteiger partial charge in [0, 0.05) is 5.69 Å². The van der Waals surface area contributed by atoms with Crippen molar-refractivity contribution in [2.75, 3.05) is 5.75 Å². The standard InChI is InChI=1S/C24H22N2O2S/c1-3-29-15-23-25-21-10-6-7-11-22(21)26(23)17-12-13-18(16(2)14-17)19-8-4-5-9-20(19)24(27)28/h4-14H,3,15H2,1-2H3,(H,27,28). The van der Waals surface area contributed by atoms with Crippen LogP contribution in [0.15, 0.2) is 66.7 Å². The zero-order valence-electron chi connectivity index (χ0n) is 16.4. The van der Waals surface area contributed by atoms with Gasteiger partial charge < -0.3 is 5.11 Å². The maximum atomic E-state index is 11.6. The number of benzene rings is 3. The Morgan fingerprint density at radius 3 is 2.55 bits per heavy atom. The average Bonchev–Trinajstić information content (AvgIpc) is 3.10. The van der Waals surface area contributed by atoms with Gasteiger partial charge in [0.05, 0.1) is 22.3 Å². The number of rotatable bonds is 6. The van der Waals surface area contributed by atoms with E-state index in [-0.39, 0.29) is 0 Å². The molecule has 146 valence electrons. The van der Waals surface area contributed by atoms with Crippen LogP contribution in [0.1, 0.15) is 28.7 Å². The Balaban J connectivity index is 1.85. The summed E-state index contributed by atoms with van der Waals surface area (Å²) in [5, 5.41) is 9.55. The second-order valence-corrected chi connectivity index (χ2v) is 8.11. The molecule has 29 heavy (non-hydrogen) atoms. The van der Waals surface area contributed by atoms with Crippen LogP contribution in [0.3, 0.4) is 0 Å². The number of para-hydroxylation sites is 2. The number of nitrogens with zero attached hydrogens (tertiary/aromatic N) is 2. The van der Waals surface area contributed by atoms with Crippen LogP contribution < -0.4 is 0 Å². The van der Waals surface area contributed by atoms with Gasteiger partial charge in [0.25, 0.3) is 0 Å². The van der Waals surface area contributed by atoms with E-state index in [0.717, 1.165) is 50.7 Å². The fraction of sp³-hybridized carbons (Fsp3) is 0.167. The van der Waals surface area contributed by atoms with Gasteiger partial charge in [0.1, 0.15) is 5.82 Å². The first-order valence-electron chi connectivity index (χ1n) is 9.58. The average molecular weight is 403 g/mol. The summed E-state index contributed by atoms with van der Waals surface area (Å²) in [5.41, 5.74) is 6.12. The molecular formula is C24H22N2O2S. The van der Waals surface area contributed by atoms with Crippen LogP contribution in [0, 0.1) is 6.92 Å². The minimum absolute atomic E-state index is 0.316. The van der Waals surface area contributed by atoms with Crippen molar-refractivity contribution in [3.05, 3.63) is 83.7 Å². The maximum Gasteiger partial charge on any atom is 0.336 e. The van der Waals surface area contributed by atoms with Crippen molar-refractivity contribution < 1.29 is 9.90 Å². The number of imidazole rings is 1. The molecule has 0 spiro atoms. The number of carboxylic acid groups (broad SMARTS) is 1. The van der Waals surface area contributed by atoms with Gasteiger partial charge >= 0.3 is 5.97 Å². The number of hydrogen-bond acceptors (Lipinski definition) is 3. The molecule has 5 heteroatoms. The van der Waals surface area contributed by atoms with Crippen molar-refractivity contribution in [1.29, 1.82) is 0 Å². The molecule has 0 fully saturated rings. The summed E-state index contributed by atoms with van der Waals surface area (Å²) in [7, 11) is 0. The number of aromatic carboxylic acids is 1. The second-order valence-electron chi connectivity index (χ2n) is 6.84. The van der Waals surface area contributed by atoms with E-state index in [0.29, 0.717) is 5.56 Å². The highest BCUT2D eigenvalue weighted by molar-refractivity contribution is 7.98. The summed E-state index contributed by atoms with van der Waals surface area (Å²) >= 11 is 1.85. The Hall–Kier alpha value is -3.05. The second kappa shape index (κ2) is 8.13. The van der Waals surface area contributed by atoms with E-state index >= 15 is 0 Å². The van der Waals surface area contributed by atoms with Gasteiger partial charge in [-0.2, -0.15) is 11.8 Å². The van der Waals surface area contributed by atoms with Crippen molar-refractivity contribution in [2.24, 2.45) is 0 Å². The molecule has 0 aliphatic heterocycles. The third kappa shape index (κ3) is 3.66. The van der Waals surface area contributed by atoms with Crippen LogP contribution in [0.5, 0.6) is 0 Å². The van der Waals surface area contributed by atoms with Crippen LogP contribution in [0.2, 0.25) is 0 Å². The lowest BCUT2D eigenvalue weighted by atomic mass is 9.95. The molecule has 0 aliphatic rings. The minimum Gasteiger partial charge on any atom is -0.478 e. The Morgan fingerprint density at radius 2 is 1.79 bits per heavy atom. The fourth-order valence-corrected chi connectivity index (χ4v) is 4.23. The first kappa shape index (κ1) is 19.3. The summed E-state index contributed by atoms with van der Waals surface area (Å²) < 4.78 is 2.21. The molecule has 4 rings (SSSR count). The third-order valence-corrected chi connectivity index (χ3v) is 5.85. The topological polar surface area (TPSA) is 55.1 Å². The van der Waals surface area contributed by atoms with Gasteiger partial charge in [-0.3, -0.25) is 4.57 Å². The number of carbonyl (C=O) groups is 1. The zero-order chi connectivity index (χ0) is 20.4. The molecule has 0 saturated carbocycles. The van der Waals surface area contributed by atoms with E-state index in [4.69, 9.17) is 4.98 Å². The molecule has 4 nitrogen and oxygen atoms in total. The van der Waals surface area contributed by atoms with Crippen molar-refractivity contribution >= 4 is 28.8 Å². The zero-order valence-corrected chi connectivity index (χ0v) is 17.2. The molecule has 0 bridgehead atoms. The van der Waals surface area contributed by atoms with Crippen molar-refractivity contribution in [1.82, 2.24) is 9.55 Å². The summed E-state index contributed by atoms with van der Waals surface area (Å²) in [6.45, 7) is 4.17. The molecule has 0 unspecified atom stereocenters. The number of aromatic nitrogens is 2. The van der Waals surface area contributed by atoms with Gasteiger partial charge in [-0.15, -0.1) is 0 Å². The molecule has 0 radical (unpaired) electrons. The van der Waals surface area contributed by atoms with E-state index < -0.39 is 5.97 Å². The molecule has 1 aromatic heterocycles. The van der Waals surface area contributed by atoms with Gasteiger partial charge in [0.15, 0.2) is 0 Å². The number of carboxylic acids is 1. The van der Waals surface area contributed by atoms with Crippen LogP contribution in [-0.2, 0) is 5.75 Å². The lowest BCUT2D eigenvalue weighted by molar-refractivity contribution is 0.0697. The summed E-state index contributed by atoms with van der Waals surface area (Å²) in [5.74, 6) is 1.99. The number of aryl methyl sites for hydroxylation is 1. The molecule has 1 heterocycles. The van der Waals surface area contributed by atoms with E-state index in [1.807, 2.05) is 55.1 Å². The van der Waals surface area contributed by atoms with Crippen LogP contribution >= 0.6 is 11.8 Å². The first-order valence-corrected chi connectivity index (χ1v) is 10.7. The van der Waals surface area contributed by atoms with E-state index in [9.17, 15) is 9.90 Å². The normalized spacial score (nSPS) is 11.1. The maximum absolute atomic E-state index is 11.6. The largest absolute Gasteiger partial charge is 0.478 e. The SMILES string of the molecule is CCSCc1nc2ccccc2n1-c1ccc(-c2ccccc2C(=O)O)c(C)c1. The van der Waals surface area contributed by atoms with E-state index in [1.54, 1.807) is 12.1 Å². The Morgan fingerprint density at radius 1 is 1.03 bits per heavy atom. The highest BCUT2D eigenvalue weighted by Gasteiger charge is 2.16. The van der Waals surface area contributed by atoms with Crippen molar-refractivity contribution in [2.45, 2.75) is 19.6 Å². The highest BCUT2D eigenvalue weighted by Crippen LogP contribution is 2.31. The van der Waals surface area contributed by atoms with Crippen LogP contribution in [-0.4, -0.2) is 26.4 Å². The predicted molar refractivity (Wildman–Crippen MR) is 120 cm³/mol. The van der Waals surface area contributed by atoms with Crippen molar-refractivity contribution in [3.8, 4) is 16.8 Å². The van der Waals surface area contributed by atoms with E-state index in [1.165, 1.54) is 0 Å². The number of thioether (sulfide) groups is 1. The quantitative estimate of drug-likeness (QED) is 0.433. The lowest BCUT2D eigenvalue weighted by Gasteiger charge is -2.14. The van der Waals surface area contributed by atoms with Gasteiger partial charge in [-0.05, 0) is 59.7 Å². The Labute approximate surface area is 174 Å². The number of hydrogen-bond donors (Lipinski definition) is 1. The Kier molecular flexibility index (Phi) is 5.41. The third-order valence-electron chi connectivity index (χ3n) is 4.98. The van der Waals surface area contributed by atoms with Gasteiger partial charge in [0.2, 0.25) is 0 Å². The molecule has 1 N–H and O–H groups in total. The Bertz CT molecular complexity index is 1200. The van der Waals surface area contributed by atoms with Gasteiger partial charge in [-0.1, -0.05) is 43.3 Å². The van der Waals surface area contributed by atoms with Crippen molar-refractivity contribution in [3.63, 3.8) is 0 Å². The van der Waals surface area contributed by atoms with Gasteiger partial charge in [-0.25, -0.2) is 9.78 Å². The molecular weight excluding hydrogens is 380 g/mol. The smallest absolute Gasteiger partial charge is 0.336 e. The first-order chi connectivity index (χ1) is 14.1. The summed E-state index contributed by atoms with van der Waals surface area (Å²) in [6.07, 6.45) is 0. The molecule has 3 aromatic carbocycles. The van der Waals surface area contributed by atoms with Crippen LogP contribution in [0.4, 0.5) is 0 Å². The van der Waals surface area contributed by atoms with Crippen LogP contribution in [0.25, 0.3) is 27.8 Å². The molecule has 0 aliphatic carbocycles. The molecule has 4 aromatic rings. The molecule has 0 saturated heterocycles. The minimum atomic E-state index is -0.913. The highest BCUT2D eigenvalue weighted by atomic mass is 32.2. The summed E-state index contributed by atoms with van der Waals surface area (Å²) in [6, 6.07) is 21.5. The fourth-order valence-electron chi connectivity index (χ4n) is 3.65. The molecule has 0 atom stereocenters. The lowest BCUT2D eigenvalue weighted by Crippen LogP contribution is -2.03. The monoisotopic (exact) mass is 402 g/mol. The molecule has 0 amide bonds.